The fraction of sp³-hybridized carbons (Fsp3) is 0.727. The molecule has 0 aromatic carbocycles. The summed E-state index contributed by atoms with van der Waals surface area (Å²) in [5.74, 6) is 0.605. The van der Waals surface area contributed by atoms with Crippen LogP contribution in [0.1, 0.15) is 6.92 Å². The van der Waals surface area contributed by atoms with E-state index in [1.807, 2.05) is 19.1 Å². The summed E-state index contributed by atoms with van der Waals surface area (Å²) in [6.07, 6.45) is 3.25. The maximum Gasteiger partial charge on any atom is 0.209 e. The van der Waals surface area contributed by atoms with Gasteiger partial charge in [0.05, 0.1) is 12.1 Å². The third-order valence-corrected chi connectivity index (χ3v) is 4.29. The van der Waals surface area contributed by atoms with Gasteiger partial charge in [-0.25, -0.2) is 4.99 Å². The van der Waals surface area contributed by atoms with Gasteiger partial charge in [-0.05, 0) is 19.0 Å². The average Bonchev–Trinajstić information content (AvgIpc) is 2.09. The minimum atomic E-state index is -1.05. The van der Waals surface area contributed by atoms with Gasteiger partial charge in [0.25, 0.3) is 0 Å². The maximum atomic E-state index is 5.91. The molecule has 16 heavy (non-hydrogen) atoms. The predicted molar refractivity (Wildman–Crippen MR) is 71.2 cm³/mol. The fourth-order valence-corrected chi connectivity index (χ4v) is 1.93. The topological polar surface area (TPSA) is 73.6 Å². The first kappa shape index (κ1) is 13.4. The van der Waals surface area contributed by atoms with E-state index >= 15 is 0 Å². The Morgan fingerprint density at radius 3 is 2.62 bits per heavy atom. The van der Waals surface area contributed by atoms with E-state index in [0.717, 1.165) is 6.04 Å². The summed E-state index contributed by atoms with van der Waals surface area (Å²) in [5, 5.41) is 0. The van der Waals surface area contributed by atoms with E-state index in [2.05, 4.69) is 24.6 Å². The first-order valence-electron chi connectivity index (χ1n) is 5.65. The second-order valence-electron chi connectivity index (χ2n) is 5.77. The number of aliphatic imine (C=N–C) groups is 1. The SMILES string of the molecule is CC1(N)C=CC(OCC[Si](C)(C)C)=NC1N. The van der Waals surface area contributed by atoms with Crippen LogP contribution in [0.25, 0.3) is 0 Å². The van der Waals surface area contributed by atoms with Gasteiger partial charge in [-0.2, -0.15) is 0 Å². The van der Waals surface area contributed by atoms with Crippen LogP contribution >= 0.6 is 0 Å². The minimum Gasteiger partial charge on any atom is -0.478 e. The molecule has 0 aromatic rings. The Balaban J connectivity index is 2.44. The highest BCUT2D eigenvalue weighted by atomic mass is 28.3. The van der Waals surface area contributed by atoms with Gasteiger partial charge in [0.2, 0.25) is 5.90 Å². The van der Waals surface area contributed by atoms with E-state index in [1.54, 1.807) is 0 Å². The monoisotopic (exact) mass is 241 g/mol. The summed E-state index contributed by atoms with van der Waals surface area (Å²) in [6.45, 7) is 9.52. The number of rotatable bonds is 3. The van der Waals surface area contributed by atoms with Crippen molar-refractivity contribution in [3.05, 3.63) is 12.2 Å². The van der Waals surface area contributed by atoms with Crippen LogP contribution in [-0.4, -0.2) is 32.3 Å². The molecule has 0 radical (unpaired) electrons. The summed E-state index contributed by atoms with van der Waals surface area (Å²) >= 11 is 0. The summed E-state index contributed by atoms with van der Waals surface area (Å²) < 4.78 is 5.59. The van der Waals surface area contributed by atoms with Gasteiger partial charge in [0.1, 0.15) is 6.17 Å². The van der Waals surface area contributed by atoms with E-state index in [0.29, 0.717) is 12.5 Å². The van der Waals surface area contributed by atoms with E-state index in [1.165, 1.54) is 0 Å². The second kappa shape index (κ2) is 4.69. The molecule has 5 heteroatoms. The van der Waals surface area contributed by atoms with E-state index in [-0.39, 0.29) is 0 Å². The molecule has 1 aliphatic heterocycles. The average molecular weight is 241 g/mol. The molecule has 0 aromatic heterocycles. The summed E-state index contributed by atoms with van der Waals surface area (Å²) in [6, 6.07) is 1.12. The van der Waals surface area contributed by atoms with Crippen LogP contribution in [0.2, 0.25) is 25.7 Å². The van der Waals surface area contributed by atoms with Gasteiger partial charge in [-0.15, -0.1) is 0 Å². The number of dihydropyridines is 1. The van der Waals surface area contributed by atoms with Gasteiger partial charge in [0.15, 0.2) is 0 Å². The van der Waals surface area contributed by atoms with Crippen molar-refractivity contribution in [2.45, 2.75) is 44.3 Å². The van der Waals surface area contributed by atoms with Gasteiger partial charge in [-0.1, -0.05) is 25.7 Å². The molecule has 2 unspecified atom stereocenters. The summed E-state index contributed by atoms with van der Waals surface area (Å²) in [4.78, 5) is 4.23. The Kier molecular flexibility index (Phi) is 3.93. The van der Waals surface area contributed by atoms with Crippen molar-refractivity contribution in [2.24, 2.45) is 16.5 Å². The Labute approximate surface area is 98.8 Å². The lowest BCUT2D eigenvalue weighted by molar-refractivity contribution is 0.316. The number of nitrogens with two attached hydrogens (primary N) is 2. The second-order valence-corrected chi connectivity index (χ2v) is 11.4. The number of nitrogens with zero attached hydrogens (tertiary/aromatic N) is 1. The molecular formula is C11H23N3OSi. The lowest BCUT2D eigenvalue weighted by atomic mass is 9.98. The fourth-order valence-electron chi connectivity index (χ4n) is 1.22. The molecule has 0 aliphatic carbocycles. The highest BCUT2D eigenvalue weighted by Crippen LogP contribution is 2.14. The molecular weight excluding hydrogens is 218 g/mol. The molecule has 0 bridgehead atoms. The van der Waals surface area contributed by atoms with Crippen molar-refractivity contribution in [1.82, 2.24) is 0 Å². The van der Waals surface area contributed by atoms with E-state index in [4.69, 9.17) is 16.2 Å². The van der Waals surface area contributed by atoms with E-state index in [9.17, 15) is 0 Å². The molecule has 0 saturated carbocycles. The van der Waals surface area contributed by atoms with E-state index < -0.39 is 19.8 Å². The van der Waals surface area contributed by atoms with Crippen LogP contribution in [0, 0.1) is 0 Å². The van der Waals surface area contributed by atoms with Crippen LogP contribution in [0.3, 0.4) is 0 Å². The molecule has 4 nitrogen and oxygen atoms in total. The zero-order chi connectivity index (χ0) is 12.4. The highest BCUT2D eigenvalue weighted by Gasteiger charge is 2.27. The largest absolute Gasteiger partial charge is 0.478 e. The number of hydrogen-bond donors (Lipinski definition) is 2. The third-order valence-electron chi connectivity index (χ3n) is 2.59. The summed E-state index contributed by atoms with van der Waals surface area (Å²) in [5.41, 5.74) is 11.2. The Morgan fingerprint density at radius 2 is 2.12 bits per heavy atom. The van der Waals surface area contributed by atoms with Crippen LogP contribution in [-0.2, 0) is 4.74 Å². The van der Waals surface area contributed by atoms with Gasteiger partial charge in [-0.3, -0.25) is 0 Å². The molecule has 92 valence electrons. The zero-order valence-electron chi connectivity index (χ0n) is 10.7. The summed E-state index contributed by atoms with van der Waals surface area (Å²) in [7, 11) is -1.05. The lowest BCUT2D eigenvalue weighted by Crippen LogP contribution is -2.52. The number of ether oxygens (including phenoxy) is 1. The normalized spacial score (nSPS) is 30.1. The van der Waals surface area contributed by atoms with Crippen molar-refractivity contribution < 1.29 is 4.74 Å². The van der Waals surface area contributed by atoms with Crippen molar-refractivity contribution >= 4 is 14.0 Å². The first-order chi connectivity index (χ1) is 7.21. The van der Waals surface area contributed by atoms with Gasteiger partial charge in [0, 0.05) is 8.07 Å². The van der Waals surface area contributed by atoms with Gasteiger partial charge >= 0.3 is 0 Å². The molecule has 1 heterocycles. The smallest absolute Gasteiger partial charge is 0.209 e. The van der Waals surface area contributed by atoms with Gasteiger partial charge < -0.3 is 16.2 Å². The quantitative estimate of drug-likeness (QED) is 0.732. The molecule has 0 fully saturated rings. The lowest BCUT2D eigenvalue weighted by Gasteiger charge is -2.28. The molecule has 0 spiro atoms. The highest BCUT2D eigenvalue weighted by molar-refractivity contribution is 6.76. The standard InChI is InChI=1S/C11H23N3OSi/c1-11(13)6-5-9(14-10(11)12)15-7-8-16(2,3)4/h5-6,10H,7-8,12-13H2,1-4H3. The molecule has 2 atom stereocenters. The Morgan fingerprint density at radius 1 is 1.50 bits per heavy atom. The predicted octanol–water partition coefficient (Wildman–Crippen LogP) is 1.31. The van der Waals surface area contributed by atoms with Crippen LogP contribution in [0.15, 0.2) is 17.1 Å². The molecule has 4 N–H and O–H groups in total. The molecule has 1 aliphatic rings. The van der Waals surface area contributed by atoms with Crippen molar-refractivity contribution in [2.75, 3.05) is 6.61 Å². The van der Waals surface area contributed by atoms with Crippen LogP contribution in [0.4, 0.5) is 0 Å². The van der Waals surface area contributed by atoms with Crippen molar-refractivity contribution in [3.8, 4) is 0 Å². The minimum absolute atomic E-state index is 0.417. The molecule has 0 amide bonds. The number of hydrogen-bond acceptors (Lipinski definition) is 4. The van der Waals surface area contributed by atoms with Crippen LogP contribution < -0.4 is 11.5 Å². The Hall–Kier alpha value is -0.653. The Bertz CT molecular complexity index is 305. The van der Waals surface area contributed by atoms with Crippen molar-refractivity contribution in [1.29, 1.82) is 0 Å². The first-order valence-corrected chi connectivity index (χ1v) is 9.36. The molecule has 0 saturated heterocycles. The van der Waals surface area contributed by atoms with Crippen LogP contribution in [0.5, 0.6) is 0 Å². The van der Waals surface area contributed by atoms with Crippen molar-refractivity contribution in [3.63, 3.8) is 0 Å². The maximum absolute atomic E-state index is 5.91. The zero-order valence-corrected chi connectivity index (χ0v) is 11.7. The molecule has 1 rings (SSSR count). The third kappa shape index (κ3) is 4.07.